The van der Waals surface area contributed by atoms with Crippen LogP contribution in [0.5, 0.6) is 0 Å². The molecule has 1 fully saturated rings. The summed E-state index contributed by atoms with van der Waals surface area (Å²) in [6.07, 6.45) is 3.87. The number of aromatic nitrogens is 1. The first-order chi connectivity index (χ1) is 18.7. The van der Waals surface area contributed by atoms with E-state index < -0.39 is 16.7 Å². The van der Waals surface area contributed by atoms with Crippen LogP contribution in [0.2, 0.25) is 0 Å². The second-order valence-electron chi connectivity index (χ2n) is 9.91. The molecule has 0 saturated carbocycles. The Bertz CT molecular complexity index is 1450. The Kier molecular flexibility index (Phi) is 7.12. The number of non-ortho nitro benzene ring substituents is 1. The Hall–Kier alpha value is -4.57. The van der Waals surface area contributed by atoms with Crippen molar-refractivity contribution in [1.82, 2.24) is 9.88 Å². The van der Waals surface area contributed by atoms with Gasteiger partial charge in [-0.15, -0.1) is 0 Å². The van der Waals surface area contributed by atoms with Crippen LogP contribution in [0.1, 0.15) is 30.9 Å². The molecule has 3 heterocycles. The van der Waals surface area contributed by atoms with E-state index in [1.165, 1.54) is 25.1 Å². The molecule has 0 spiro atoms. The zero-order chi connectivity index (χ0) is 27.7. The molecule has 2 amide bonds. The van der Waals surface area contributed by atoms with Crippen molar-refractivity contribution in [1.29, 1.82) is 0 Å². The summed E-state index contributed by atoms with van der Waals surface area (Å²) < 4.78 is 0. The lowest BCUT2D eigenvalue weighted by atomic mass is 10.00. The van der Waals surface area contributed by atoms with Crippen LogP contribution in [-0.4, -0.2) is 59.8 Å². The van der Waals surface area contributed by atoms with Crippen LogP contribution in [0.3, 0.4) is 0 Å². The average Bonchev–Trinajstić information content (AvgIpc) is 3.23. The lowest BCUT2D eigenvalue weighted by Crippen LogP contribution is -2.42. The summed E-state index contributed by atoms with van der Waals surface area (Å²) in [6, 6.07) is 17.7. The number of rotatable bonds is 6. The van der Waals surface area contributed by atoms with E-state index in [0.717, 1.165) is 42.2 Å². The molecule has 2 aliphatic heterocycles. The van der Waals surface area contributed by atoms with Gasteiger partial charge in [-0.3, -0.25) is 19.7 Å². The normalized spacial score (nSPS) is 17.1. The smallest absolute Gasteiger partial charge is 0.271 e. The van der Waals surface area contributed by atoms with Crippen LogP contribution >= 0.6 is 0 Å². The monoisotopic (exact) mass is 526 g/mol. The van der Waals surface area contributed by atoms with E-state index >= 15 is 0 Å². The first kappa shape index (κ1) is 26.1. The maximum atomic E-state index is 13.6. The first-order valence-electron chi connectivity index (χ1n) is 12.8. The van der Waals surface area contributed by atoms with Gasteiger partial charge < -0.3 is 15.1 Å². The summed E-state index contributed by atoms with van der Waals surface area (Å²) in [4.78, 5) is 47.2. The topological polar surface area (TPSA) is 112 Å². The molecule has 1 saturated heterocycles. The van der Waals surface area contributed by atoms with Crippen LogP contribution in [0.25, 0.3) is 11.3 Å². The quantitative estimate of drug-likeness (QED) is 0.286. The lowest BCUT2D eigenvalue weighted by Gasteiger charge is -2.35. The van der Waals surface area contributed by atoms with Crippen molar-refractivity contribution in [2.75, 3.05) is 42.3 Å². The number of imide groups is 1. The first-order valence-corrected chi connectivity index (χ1v) is 12.8. The van der Waals surface area contributed by atoms with Gasteiger partial charge in [0.15, 0.2) is 0 Å². The molecular weight excluding hydrogens is 496 g/mol. The van der Waals surface area contributed by atoms with Crippen LogP contribution in [0.4, 0.5) is 22.9 Å². The second-order valence-corrected chi connectivity index (χ2v) is 9.91. The Morgan fingerprint density at radius 3 is 2.44 bits per heavy atom. The predicted molar refractivity (Wildman–Crippen MR) is 151 cm³/mol. The molecule has 10 nitrogen and oxygen atoms in total. The minimum Gasteiger partial charge on any atom is -0.357 e. The largest absolute Gasteiger partial charge is 0.357 e. The highest BCUT2D eigenvalue weighted by molar-refractivity contribution is 6.43. The number of carbonyl (C=O) groups excluding carboxylic acids is 2. The molecule has 0 bridgehead atoms. The van der Waals surface area contributed by atoms with Crippen molar-refractivity contribution in [2.45, 2.75) is 25.8 Å². The highest BCUT2D eigenvalue weighted by atomic mass is 16.6. The van der Waals surface area contributed by atoms with Crippen LogP contribution in [0, 0.1) is 10.1 Å². The molecule has 0 radical (unpaired) electrons. The molecule has 5 rings (SSSR count). The number of hydrogen-bond acceptors (Lipinski definition) is 8. The number of nitro benzene ring substituents is 1. The van der Waals surface area contributed by atoms with Gasteiger partial charge >= 0.3 is 0 Å². The number of pyridine rings is 1. The van der Waals surface area contributed by atoms with Crippen LogP contribution in [-0.2, 0) is 9.59 Å². The second kappa shape index (κ2) is 10.7. The van der Waals surface area contributed by atoms with Gasteiger partial charge in [-0.2, -0.15) is 0 Å². The van der Waals surface area contributed by atoms with Gasteiger partial charge in [0.05, 0.1) is 33.8 Å². The summed E-state index contributed by atoms with van der Waals surface area (Å²) in [5.74, 6) is -0.204. The fourth-order valence-electron chi connectivity index (χ4n) is 5.19. The van der Waals surface area contributed by atoms with Crippen molar-refractivity contribution in [3.63, 3.8) is 0 Å². The minimum atomic E-state index is -0.545. The number of fused-ring (bicyclic) bond motifs is 1. The molecule has 3 aromatic rings. The van der Waals surface area contributed by atoms with Crippen molar-refractivity contribution in [3.8, 4) is 0 Å². The summed E-state index contributed by atoms with van der Waals surface area (Å²) in [6.45, 7) is 3.37. The SMILES string of the molecule is CC(=O)N1C(=O)/C(=C(\Nc2ccc(N(C)C3CCN(C)CC3)nc2)c2ccccc2)c2ccc([N+](=O)[O-])cc21. The number of benzene rings is 2. The Labute approximate surface area is 226 Å². The number of hydrogen-bond donors (Lipinski definition) is 1. The molecule has 200 valence electrons. The maximum Gasteiger partial charge on any atom is 0.271 e. The van der Waals surface area contributed by atoms with E-state index in [1.54, 1.807) is 6.20 Å². The number of nitrogens with one attached hydrogen (secondary N) is 1. The number of anilines is 3. The minimum absolute atomic E-state index is 0.195. The van der Waals surface area contributed by atoms with Gasteiger partial charge in [0.25, 0.3) is 11.6 Å². The van der Waals surface area contributed by atoms with Gasteiger partial charge in [-0.25, -0.2) is 9.88 Å². The zero-order valence-corrected chi connectivity index (χ0v) is 22.1. The van der Waals surface area contributed by atoms with Gasteiger partial charge in [-0.05, 0) is 56.7 Å². The third kappa shape index (κ3) is 5.10. The van der Waals surface area contributed by atoms with Crippen LogP contribution in [0.15, 0.2) is 66.9 Å². The van der Waals surface area contributed by atoms with E-state index in [0.29, 0.717) is 23.0 Å². The Morgan fingerprint density at radius 2 is 1.82 bits per heavy atom. The van der Waals surface area contributed by atoms with Crippen molar-refractivity contribution >= 4 is 46.0 Å². The highest BCUT2D eigenvalue weighted by Crippen LogP contribution is 2.43. The van der Waals surface area contributed by atoms with Gasteiger partial charge in [0, 0.05) is 37.7 Å². The van der Waals surface area contributed by atoms with E-state index in [1.807, 2.05) is 42.5 Å². The molecule has 1 N–H and O–H groups in total. The molecule has 2 aromatic carbocycles. The number of nitro groups is 1. The average molecular weight is 527 g/mol. The third-order valence-corrected chi connectivity index (χ3v) is 7.36. The fraction of sp³-hybridized carbons (Fsp3) is 0.276. The molecule has 0 atom stereocenters. The summed E-state index contributed by atoms with van der Waals surface area (Å²) >= 11 is 0. The predicted octanol–water partition coefficient (Wildman–Crippen LogP) is 4.39. The van der Waals surface area contributed by atoms with Gasteiger partial charge in [0.1, 0.15) is 5.82 Å². The number of likely N-dealkylation sites (tertiary alicyclic amines) is 1. The molecule has 0 unspecified atom stereocenters. The van der Waals surface area contributed by atoms with Crippen LogP contribution < -0.4 is 15.1 Å². The highest BCUT2D eigenvalue weighted by Gasteiger charge is 2.38. The summed E-state index contributed by atoms with van der Waals surface area (Å²) in [5, 5.41) is 14.8. The van der Waals surface area contributed by atoms with Crippen molar-refractivity contribution in [3.05, 3.63) is 88.1 Å². The maximum absolute atomic E-state index is 13.6. The fourth-order valence-corrected chi connectivity index (χ4v) is 5.19. The molecule has 2 aliphatic rings. The molecule has 1 aromatic heterocycles. The van der Waals surface area contributed by atoms with Gasteiger partial charge in [-0.1, -0.05) is 30.3 Å². The number of nitrogens with zero attached hydrogens (tertiary/aromatic N) is 5. The van der Waals surface area contributed by atoms with Gasteiger partial charge in [0.2, 0.25) is 5.91 Å². The molecule has 10 heteroatoms. The molecule has 39 heavy (non-hydrogen) atoms. The number of piperidine rings is 1. The Balaban J connectivity index is 1.54. The van der Waals surface area contributed by atoms with E-state index in [4.69, 9.17) is 0 Å². The summed E-state index contributed by atoms with van der Waals surface area (Å²) in [7, 11) is 4.20. The van der Waals surface area contributed by atoms with E-state index in [9.17, 15) is 19.7 Å². The standard InChI is InChI=1S/C29H30N6O4/c1-19(36)34-25-17-23(35(38)39)10-11-24(25)27(29(34)37)28(20-7-5-4-6-8-20)31-21-9-12-26(30-18-21)33(3)22-13-15-32(2)16-14-22/h4-12,17-18,22,31H,13-16H2,1-3H3/b28-27-. The molecule has 0 aliphatic carbocycles. The molecular formula is C29H30N6O4. The van der Waals surface area contributed by atoms with Crippen molar-refractivity contribution < 1.29 is 14.5 Å². The Morgan fingerprint density at radius 1 is 1.10 bits per heavy atom. The van der Waals surface area contributed by atoms with E-state index in [-0.39, 0.29) is 16.9 Å². The van der Waals surface area contributed by atoms with Crippen molar-refractivity contribution in [2.24, 2.45) is 0 Å². The number of amides is 2. The summed E-state index contributed by atoms with van der Waals surface area (Å²) in [5.41, 5.74) is 2.57. The lowest BCUT2D eigenvalue weighted by molar-refractivity contribution is -0.384. The third-order valence-electron chi connectivity index (χ3n) is 7.36. The zero-order valence-electron chi connectivity index (χ0n) is 22.1. The number of carbonyl (C=O) groups is 2. The van der Waals surface area contributed by atoms with E-state index in [2.05, 4.69) is 34.2 Å².